The van der Waals surface area contributed by atoms with Gasteiger partial charge in [-0.1, -0.05) is 63.4 Å². The summed E-state index contributed by atoms with van der Waals surface area (Å²) in [5.41, 5.74) is 13.4. The van der Waals surface area contributed by atoms with Crippen LogP contribution in [0.4, 0.5) is 17.6 Å². The Hall–Kier alpha value is -7.98. The number of likely N-dealkylation sites (tertiary alicyclic amines) is 4. The van der Waals surface area contributed by atoms with Crippen molar-refractivity contribution in [2.24, 2.45) is 11.8 Å². The zero-order valence-electron chi connectivity index (χ0n) is 47.3. The molecule has 81 heavy (non-hydrogen) atoms. The van der Waals surface area contributed by atoms with Crippen molar-refractivity contribution in [3.63, 3.8) is 0 Å². The molecule has 10 rings (SSSR count). The smallest absolute Gasteiger partial charge is 0.322 e. The van der Waals surface area contributed by atoms with E-state index in [1.54, 1.807) is 18.8 Å². The molecular formula is C59H79N15O7. The van der Waals surface area contributed by atoms with E-state index in [4.69, 9.17) is 25.3 Å². The second kappa shape index (κ2) is 28.4. The van der Waals surface area contributed by atoms with Gasteiger partial charge in [-0.25, -0.2) is 0 Å². The van der Waals surface area contributed by atoms with E-state index < -0.39 is 5.97 Å². The Morgan fingerprint density at radius 1 is 0.617 bits per heavy atom. The van der Waals surface area contributed by atoms with Crippen molar-refractivity contribution in [1.82, 2.24) is 58.8 Å². The number of carboxylic acid groups (broad SMARTS) is 1. The van der Waals surface area contributed by atoms with Crippen LogP contribution in [0.15, 0.2) is 86.2 Å². The number of piperidine rings is 4. The molecular weight excluding hydrogens is 1030 g/mol. The third-order valence-corrected chi connectivity index (χ3v) is 15.5. The van der Waals surface area contributed by atoms with Crippen LogP contribution < -0.4 is 25.8 Å². The molecule has 4 saturated heterocycles. The lowest BCUT2D eigenvalue weighted by Gasteiger charge is -2.30. The summed E-state index contributed by atoms with van der Waals surface area (Å²) >= 11 is 0. The number of ether oxygens (including phenoxy) is 2. The molecule has 0 unspecified atom stereocenters. The van der Waals surface area contributed by atoms with Crippen molar-refractivity contribution in [2.75, 3.05) is 82.8 Å². The van der Waals surface area contributed by atoms with Crippen LogP contribution in [0.5, 0.6) is 12.0 Å². The Morgan fingerprint density at radius 2 is 1.05 bits per heavy atom. The average Bonchev–Trinajstić information content (AvgIpc) is 4.36. The number of anilines is 3. The number of carbonyl (C=O) groups excluding carboxylic acids is 3. The number of carbonyl (C=O) groups is 4. The number of hydrogen-bond acceptors (Lipinski definition) is 17. The SMILES string of the molecule is C=CC(=O)N1CCC(C(=O)Cc2cccc(CNc3nc(OC4CCN(C)CC4)nc4c(CC)cnn34)c2)CC1.C=CC(=O)N1CCC(C(=O)O)CC1.CCc1cnn2c(NCc3cccc(N)c3)nc(OC3CCN(C)CC3)nc12. The molecule has 0 spiro atoms. The lowest BCUT2D eigenvalue weighted by Crippen LogP contribution is -2.39. The first-order valence-corrected chi connectivity index (χ1v) is 28.4. The molecule has 4 fully saturated rings. The summed E-state index contributed by atoms with van der Waals surface area (Å²) in [7, 11) is 4.26. The summed E-state index contributed by atoms with van der Waals surface area (Å²) in [6, 6.07) is 16.7. The van der Waals surface area contributed by atoms with Crippen molar-refractivity contribution in [1.29, 1.82) is 0 Å². The molecule has 0 radical (unpaired) electrons. The van der Waals surface area contributed by atoms with Gasteiger partial charge in [0.2, 0.25) is 23.7 Å². The van der Waals surface area contributed by atoms with Gasteiger partial charge in [0.15, 0.2) is 11.3 Å². The van der Waals surface area contributed by atoms with Crippen molar-refractivity contribution < 1.29 is 33.8 Å². The molecule has 0 bridgehead atoms. The third kappa shape index (κ3) is 16.1. The van der Waals surface area contributed by atoms with Gasteiger partial charge >= 0.3 is 18.0 Å². The number of aliphatic carboxylic acids is 1. The van der Waals surface area contributed by atoms with Gasteiger partial charge in [0.1, 0.15) is 18.0 Å². The van der Waals surface area contributed by atoms with Gasteiger partial charge in [-0.15, -0.1) is 0 Å². The quantitative estimate of drug-likeness (QED) is 0.0555. The monoisotopic (exact) mass is 1110 g/mol. The first kappa shape index (κ1) is 59.1. The molecule has 22 heteroatoms. The molecule has 0 aliphatic carbocycles. The predicted molar refractivity (Wildman–Crippen MR) is 310 cm³/mol. The highest BCUT2D eigenvalue weighted by atomic mass is 16.5. The number of nitrogens with two attached hydrogens (primary N) is 1. The number of Topliss-reactive ketones (excluding diaryl/α,β-unsaturated/α-hetero) is 1. The summed E-state index contributed by atoms with van der Waals surface area (Å²) in [4.78, 5) is 73.2. The van der Waals surface area contributed by atoms with Crippen LogP contribution in [0.3, 0.4) is 0 Å². The number of fused-ring (bicyclic) bond motifs is 2. The van der Waals surface area contributed by atoms with Gasteiger partial charge in [0, 0.05) is 94.6 Å². The van der Waals surface area contributed by atoms with E-state index in [0.29, 0.717) is 95.3 Å². The number of aryl methyl sites for hydroxylation is 2. The van der Waals surface area contributed by atoms with Crippen LogP contribution >= 0.6 is 0 Å². The number of amides is 2. The van der Waals surface area contributed by atoms with Gasteiger partial charge < -0.3 is 50.5 Å². The Kier molecular flexibility index (Phi) is 20.8. The fourth-order valence-corrected chi connectivity index (χ4v) is 10.4. The second-order valence-corrected chi connectivity index (χ2v) is 21.3. The Balaban J connectivity index is 0.000000181. The highest BCUT2D eigenvalue weighted by Crippen LogP contribution is 2.25. The maximum absolute atomic E-state index is 13.0. The number of rotatable bonds is 18. The van der Waals surface area contributed by atoms with Gasteiger partial charge in [-0.2, -0.15) is 39.2 Å². The van der Waals surface area contributed by atoms with E-state index in [1.165, 1.54) is 12.2 Å². The van der Waals surface area contributed by atoms with Gasteiger partial charge in [-0.3, -0.25) is 19.2 Å². The Bertz CT molecular complexity index is 3110. The number of carboxylic acids is 1. The lowest BCUT2D eigenvalue weighted by molar-refractivity contribution is -0.144. The number of nitrogens with zero attached hydrogens (tertiary/aromatic N) is 12. The predicted octanol–water partition coefficient (Wildman–Crippen LogP) is 6.16. The van der Waals surface area contributed by atoms with Crippen molar-refractivity contribution in [3.8, 4) is 12.0 Å². The van der Waals surface area contributed by atoms with E-state index in [9.17, 15) is 19.2 Å². The van der Waals surface area contributed by atoms with Gasteiger partial charge in [0.05, 0.1) is 18.3 Å². The minimum Gasteiger partial charge on any atom is -0.481 e. The van der Waals surface area contributed by atoms with Crippen LogP contribution in [0.2, 0.25) is 0 Å². The molecule has 8 heterocycles. The maximum atomic E-state index is 13.0. The molecule has 6 aromatic rings. The summed E-state index contributed by atoms with van der Waals surface area (Å²) in [6.45, 7) is 18.5. The van der Waals surface area contributed by atoms with Crippen LogP contribution in [-0.4, -0.2) is 166 Å². The number of nitrogen functional groups attached to an aromatic ring is 1. The number of aromatic nitrogens is 8. The minimum absolute atomic E-state index is 0.0134. The Morgan fingerprint density at radius 3 is 1.48 bits per heavy atom. The number of nitrogens with one attached hydrogen (secondary N) is 2. The van der Waals surface area contributed by atoms with Crippen molar-refractivity contribution in [2.45, 2.75) is 110 Å². The van der Waals surface area contributed by atoms with E-state index in [1.807, 2.05) is 54.9 Å². The molecule has 2 aromatic carbocycles. The van der Waals surface area contributed by atoms with Gasteiger partial charge in [0.25, 0.3) is 0 Å². The molecule has 4 aliphatic heterocycles. The maximum Gasteiger partial charge on any atom is 0.322 e. The Labute approximate surface area is 473 Å². The molecule has 0 atom stereocenters. The first-order valence-electron chi connectivity index (χ1n) is 28.4. The molecule has 22 nitrogen and oxygen atoms in total. The average molecular weight is 1110 g/mol. The standard InChI is InChI=1S/C30H39N7O3.C20H27N7O.C9H13NO3/c1-4-23-20-32-37-28(23)33-30(40-25-11-13-35(3)14-12-25)34-29(37)31-19-22-8-6-7-21(17-22)18-26(38)24-9-15-36(16-10-24)27(39)5-2;1-3-15-13-23-27-18(15)24-20(28-17-7-9-26(2)10-8-17)25-19(27)22-12-14-5-4-6-16(21)11-14;1-2-8(11)10-5-3-7(4-6-10)9(12)13/h5-8,17,20,24-25H,2,4,9-16,18-19H2,1,3H3,(H,31,33,34);4-6,11,13,17H,3,7-10,12,21H2,1-2H3,(H,22,24,25);2,7H,1,3-6H2,(H,12,13). The number of ketones is 1. The zero-order valence-corrected chi connectivity index (χ0v) is 47.3. The molecule has 4 aliphatic rings. The highest BCUT2D eigenvalue weighted by Gasteiger charge is 2.28. The molecule has 5 N–H and O–H groups in total. The van der Waals surface area contributed by atoms with E-state index in [2.05, 4.69) is 92.7 Å². The van der Waals surface area contributed by atoms with E-state index >= 15 is 0 Å². The van der Waals surface area contributed by atoms with Crippen LogP contribution in [0.1, 0.15) is 93.0 Å². The molecule has 0 saturated carbocycles. The molecule has 432 valence electrons. The molecule has 4 aromatic heterocycles. The van der Waals surface area contributed by atoms with Crippen LogP contribution in [-0.2, 0) is 51.5 Å². The normalized spacial score (nSPS) is 16.9. The fraction of sp³-hybridized carbons (Fsp3) is 0.492. The fourth-order valence-electron chi connectivity index (χ4n) is 10.4. The summed E-state index contributed by atoms with van der Waals surface area (Å²) in [5, 5.41) is 24.5. The summed E-state index contributed by atoms with van der Waals surface area (Å²) in [6.07, 6.45) is 15.0. The summed E-state index contributed by atoms with van der Waals surface area (Å²) < 4.78 is 15.8. The lowest BCUT2D eigenvalue weighted by atomic mass is 9.89. The number of hydrogen-bond donors (Lipinski definition) is 4. The number of benzene rings is 2. The molecule has 2 amide bonds. The topological polar surface area (TPSA) is 256 Å². The largest absolute Gasteiger partial charge is 0.481 e. The zero-order chi connectivity index (χ0) is 57.4. The van der Waals surface area contributed by atoms with Gasteiger partial charge in [-0.05, 0) is 119 Å². The van der Waals surface area contributed by atoms with Crippen molar-refractivity contribution >= 4 is 52.4 Å². The summed E-state index contributed by atoms with van der Waals surface area (Å²) in [5.74, 6) is 0.204. The van der Waals surface area contributed by atoms with Crippen LogP contribution in [0.25, 0.3) is 11.3 Å². The third-order valence-electron chi connectivity index (χ3n) is 15.5. The van der Waals surface area contributed by atoms with E-state index in [-0.39, 0.29) is 41.6 Å². The second-order valence-electron chi connectivity index (χ2n) is 21.3. The van der Waals surface area contributed by atoms with E-state index in [0.717, 1.165) is 110 Å². The van der Waals surface area contributed by atoms with Crippen molar-refractivity contribution in [3.05, 3.63) is 114 Å². The first-order chi connectivity index (χ1) is 39.2. The minimum atomic E-state index is -0.759. The highest BCUT2D eigenvalue weighted by molar-refractivity contribution is 5.88. The van der Waals surface area contributed by atoms with Crippen LogP contribution in [0, 0.1) is 11.8 Å².